The number of nitrogens with zero attached hydrogens (tertiary/aromatic N) is 2. The van der Waals surface area contributed by atoms with Crippen molar-refractivity contribution in [3.8, 4) is 0 Å². The van der Waals surface area contributed by atoms with Gasteiger partial charge < -0.3 is 5.11 Å². The predicted octanol–water partition coefficient (Wildman–Crippen LogP) is 2.70. The number of aliphatic hydroxyl groups is 1. The van der Waals surface area contributed by atoms with Crippen molar-refractivity contribution in [3.63, 3.8) is 0 Å². The van der Waals surface area contributed by atoms with E-state index in [1.54, 1.807) is 48.5 Å². The molecule has 0 aromatic heterocycles. The second-order valence-corrected chi connectivity index (χ2v) is 3.93. The highest BCUT2D eigenvalue weighted by Gasteiger charge is 2.17. The highest BCUT2D eigenvalue weighted by molar-refractivity contribution is 5.60. The van der Waals surface area contributed by atoms with Crippen LogP contribution in [0.2, 0.25) is 0 Å². The molecule has 1 N–H and O–H groups in total. The highest BCUT2D eigenvalue weighted by Crippen LogP contribution is 2.34. The maximum Gasteiger partial charge on any atom is 0.240 e. The molecule has 0 saturated carbocycles. The third kappa shape index (κ3) is 2.76. The number of aliphatic hydroxyl groups excluding tert-OH is 1. The van der Waals surface area contributed by atoms with Crippen LogP contribution in [0.1, 0.15) is 17.2 Å². The van der Waals surface area contributed by atoms with Crippen LogP contribution in [0.15, 0.2) is 58.5 Å². The summed E-state index contributed by atoms with van der Waals surface area (Å²) < 4.78 is 0. The molecule has 20 heavy (non-hydrogen) atoms. The van der Waals surface area contributed by atoms with Gasteiger partial charge in [-0.1, -0.05) is 36.4 Å². The topological polar surface area (TPSA) is 79.1 Å². The van der Waals surface area contributed by atoms with Crippen LogP contribution in [-0.4, -0.2) is 17.3 Å². The lowest BCUT2D eigenvalue weighted by atomic mass is 9.98. The number of para-hydroxylation sites is 2. The first-order valence-corrected chi connectivity index (χ1v) is 5.79. The summed E-state index contributed by atoms with van der Waals surface area (Å²) in [6, 6.07) is 13.3. The van der Waals surface area contributed by atoms with Crippen LogP contribution in [0.5, 0.6) is 0 Å². The average molecular weight is 266 g/mol. The number of aliphatic imine (C=N–C) groups is 2. The van der Waals surface area contributed by atoms with Crippen LogP contribution >= 0.6 is 0 Å². The van der Waals surface area contributed by atoms with Gasteiger partial charge in [-0.15, -0.1) is 0 Å². The van der Waals surface area contributed by atoms with Gasteiger partial charge in [-0.2, -0.15) is 9.98 Å². The van der Waals surface area contributed by atoms with Gasteiger partial charge in [-0.05, 0) is 12.1 Å². The maximum absolute atomic E-state index is 10.4. The molecule has 2 rings (SSSR count). The second-order valence-electron chi connectivity index (χ2n) is 3.93. The van der Waals surface area contributed by atoms with Gasteiger partial charge >= 0.3 is 0 Å². The fraction of sp³-hybridized carbons (Fsp3) is 0.0667. The molecule has 0 heterocycles. The Morgan fingerprint density at radius 1 is 0.800 bits per heavy atom. The monoisotopic (exact) mass is 266 g/mol. The number of isocyanates is 2. The van der Waals surface area contributed by atoms with E-state index in [0.29, 0.717) is 22.5 Å². The normalized spacial score (nSPS) is 11.1. The van der Waals surface area contributed by atoms with E-state index in [2.05, 4.69) is 9.98 Å². The van der Waals surface area contributed by atoms with Gasteiger partial charge in [-0.3, -0.25) is 0 Å². The second kappa shape index (κ2) is 6.36. The van der Waals surface area contributed by atoms with Gasteiger partial charge in [0.25, 0.3) is 0 Å². The van der Waals surface area contributed by atoms with E-state index in [1.807, 2.05) is 0 Å². The summed E-state index contributed by atoms with van der Waals surface area (Å²) in [7, 11) is 0. The zero-order valence-corrected chi connectivity index (χ0v) is 10.4. The zero-order valence-electron chi connectivity index (χ0n) is 10.4. The van der Waals surface area contributed by atoms with Crippen molar-refractivity contribution >= 4 is 23.5 Å². The summed E-state index contributed by atoms with van der Waals surface area (Å²) in [4.78, 5) is 27.9. The summed E-state index contributed by atoms with van der Waals surface area (Å²) >= 11 is 0. The molecule has 0 atom stereocenters. The van der Waals surface area contributed by atoms with E-state index in [-0.39, 0.29) is 0 Å². The Hall–Kier alpha value is -2.84. The molecule has 5 nitrogen and oxygen atoms in total. The summed E-state index contributed by atoms with van der Waals surface area (Å²) in [5.41, 5.74) is 1.51. The molecule has 2 aromatic rings. The van der Waals surface area contributed by atoms with E-state index < -0.39 is 6.10 Å². The molecular weight excluding hydrogens is 256 g/mol. The van der Waals surface area contributed by atoms with Gasteiger partial charge in [0.05, 0.1) is 11.4 Å². The minimum absolute atomic E-state index is 0.319. The Balaban J connectivity index is 2.54. The Bertz CT molecular complexity index is 653. The number of hydrogen-bond donors (Lipinski definition) is 1. The van der Waals surface area contributed by atoms with Crippen LogP contribution in [0, 0.1) is 0 Å². The smallest absolute Gasteiger partial charge is 0.240 e. The SMILES string of the molecule is O=C=Nc1ccccc1C(O)c1ccccc1N=C=O. The van der Waals surface area contributed by atoms with Crippen LogP contribution in [0.4, 0.5) is 11.4 Å². The summed E-state index contributed by atoms with van der Waals surface area (Å²) in [5.74, 6) is 0. The van der Waals surface area contributed by atoms with E-state index in [1.165, 1.54) is 12.2 Å². The summed E-state index contributed by atoms with van der Waals surface area (Å²) in [5, 5.41) is 10.4. The van der Waals surface area contributed by atoms with Crippen molar-refractivity contribution < 1.29 is 14.7 Å². The Kier molecular flexibility index (Phi) is 4.32. The molecule has 2 aromatic carbocycles. The molecule has 0 aliphatic carbocycles. The number of hydrogen-bond acceptors (Lipinski definition) is 5. The standard InChI is InChI=1S/C15H10N2O3/c18-9-16-13-7-3-1-5-11(13)15(20)12-6-2-4-8-14(12)17-10-19/h1-8,15,20H. The average Bonchev–Trinajstić information content (AvgIpc) is 2.48. The first kappa shape index (κ1) is 13.6. The zero-order chi connectivity index (χ0) is 14.4. The van der Waals surface area contributed by atoms with Gasteiger partial charge in [0, 0.05) is 11.1 Å². The number of benzene rings is 2. The Morgan fingerprint density at radius 2 is 1.20 bits per heavy atom. The molecule has 0 unspecified atom stereocenters. The molecule has 0 aliphatic rings. The maximum atomic E-state index is 10.4. The van der Waals surface area contributed by atoms with Crippen LogP contribution in [0.25, 0.3) is 0 Å². The van der Waals surface area contributed by atoms with Crippen LogP contribution in [0.3, 0.4) is 0 Å². The van der Waals surface area contributed by atoms with Crippen molar-refractivity contribution in [1.82, 2.24) is 0 Å². The largest absolute Gasteiger partial charge is 0.383 e. The first-order chi connectivity index (χ1) is 9.77. The van der Waals surface area contributed by atoms with Crippen molar-refractivity contribution in [2.75, 3.05) is 0 Å². The van der Waals surface area contributed by atoms with Crippen molar-refractivity contribution in [1.29, 1.82) is 0 Å². The van der Waals surface area contributed by atoms with Crippen LogP contribution < -0.4 is 0 Å². The van der Waals surface area contributed by atoms with Crippen molar-refractivity contribution in [2.24, 2.45) is 9.98 Å². The third-order valence-electron chi connectivity index (χ3n) is 2.79. The molecule has 98 valence electrons. The molecule has 5 heteroatoms. The first-order valence-electron chi connectivity index (χ1n) is 5.79. The van der Waals surface area contributed by atoms with Gasteiger partial charge in [0.15, 0.2) is 0 Å². The molecule has 0 spiro atoms. The quantitative estimate of drug-likeness (QED) is 0.682. The molecule has 0 bridgehead atoms. The van der Waals surface area contributed by atoms with E-state index in [0.717, 1.165) is 0 Å². The number of rotatable bonds is 4. The van der Waals surface area contributed by atoms with Crippen molar-refractivity contribution in [3.05, 3.63) is 59.7 Å². The number of carbonyl (C=O) groups excluding carboxylic acids is 2. The lowest BCUT2D eigenvalue weighted by Gasteiger charge is -2.14. The van der Waals surface area contributed by atoms with Gasteiger partial charge in [0.2, 0.25) is 12.2 Å². The Labute approximate surface area is 114 Å². The minimum Gasteiger partial charge on any atom is -0.383 e. The molecule has 0 amide bonds. The molecule has 0 radical (unpaired) electrons. The minimum atomic E-state index is -1.06. The van der Waals surface area contributed by atoms with E-state index >= 15 is 0 Å². The van der Waals surface area contributed by atoms with Crippen molar-refractivity contribution in [2.45, 2.75) is 6.10 Å². The summed E-state index contributed by atoms with van der Waals surface area (Å²) in [6.45, 7) is 0. The predicted molar refractivity (Wildman–Crippen MR) is 72.5 cm³/mol. The fourth-order valence-electron chi connectivity index (χ4n) is 1.91. The highest BCUT2D eigenvalue weighted by atomic mass is 16.3. The van der Waals surface area contributed by atoms with Gasteiger partial charge in [0.1, 0.15) is 6.10 Å². The lowest BCUT2D eigenvalue weighted by molar-refractivity contribution is 0.221. The van der Waals surface area contributed by atoms with Gasteiger partial charge in [-0.25, -0.2) is 9.59 Å². The van der Waals surface area contributed by atoms with E-state index in [4.69, 9.17) is 0 Å². The molecule has 0 fully saturated rings. The third-order valence-corrected chi connectivity index (χ3v) is 2.79. The summed E-state index contributed by atoms with van der Waals surface area (Å²) in [6.07, 6.45) is 1.84. The van der Waals surface area contributed by atoms with E-state index in [9.17, 15) is 14.7 Å². The molecular formula is C15H10N2O3. The molecule has 0 aliphatic heterocycles. The molecule has 0 saturated heterocycles. The van der Waals surface area contributed by atoms with Crippen LogP contribution in [-0.2, 0) is 9.59 Å². The fourth-order valence-corrected chi connectivity index (χ4v) is 1.91. The Morgan fingerprint density at radius 3 is 1.60 bits per heavy atom. The lowest BCUT2D eigenvalue weighted by Crippen LogP contribution is -2.00.